The fourth-order valence-corrected chi connectivity index (χ4v) is 3.54. The highest BCUT2D eigenvalue weighted by molar-refractivity contribution is 8.18. The Balaban J connectivity index is 1.80. The molecule has 0 aliphatic carbocycles. The minimum absolute atomic E-state index is 0.263. The summed E-state index contributed by atoms with van der Waals surface area (Å²) >= 11 is 6.85. The summed E-state index contributed by atoms with van der Waals surface area (Å²) in [6.07, 6.45) is 4.16. The largest absolute Gasteiger partial charge is 0.489 e. The fourth-order valence-electron chi connectivity index (χ4n) is 2.58. The average molecular weight is 400 g/mol. The van der Waals surface area contributed by atoms with E-state index in [2.05, 4.69) is 6.58 Å². The van der Waals surface area contributed by atoms with Crippen LogP contribution in [-0.2, 0) is 17.8 Å². The average Bonchev–Trinajstić information content (AvgIpc) is 2.89. The lowest BCUT2D eigenvalue weighted by atomic mass is 10.1. The van der Waals surface area contributed by atoms with Crippen molar-refractivity contribution in [2.75, 3.05) is 7.05 Å². The number of ether oxygens (including phenoxy) is 1. The summed E-state index contributed by atoms with van der Waals surface area (Å²) in [5.41, 5.74) is 2.82. The SMILES string of the molecule is C=CCc1cc(/C=C2\SC(=O)N(C)C2=O)ccc1OCc1ccc(Cl)cc1. The molecule has 0 spiro atoms. The van der Waals surface area contributed by atoms with Crippen LogP contribution in [-0.4, -0.2) is 23.1 Å². The van der Waals surface area contributed by atoms with Crippen molar-refractivity contribution >= 4 is 40.6 Å². The van der Waals surface area contributed by atoms with E-state index in [0.717, 1.165) is 39.1 Å². The van der Waals surface area contributed by atoms with E-state index in [1.807, 2.05) is 42.5 Å². The van der Waals surface area contributed by atoms with E-state index in [1.165, 1.54) is 7.05 Å². The van der Waals surface area contributed by atoms with E-state index in [9.17, 15) is 9.59 Å². The quantitative estimate of drug-likeness (QED) is 0.487. The molecule has 0 unspecified atom stereocenters. The van der Waals surface area contributed by atoms with Gasteiger partial charge in [0.1, 0.15) is 12.4 Å². The molecule has 3 rings (SSSR count). The number of nitrogens with zero attached hydrogens (tertiary/aromatic N) is 1. The second-order valence-corrected chi connectivity index (χ2v) is 7.45. The Hall–Kier alpha value is -2.50. The minimum Gasteiger partial charge on any atom is -0.489 e. The molecule has 1 saturated heterocycles. The summed E-state index contributed by atoms with van der Waals surface area (Å²) in [6, 6.07) is 13.2. The van der Waals surface area contributed by atoms with Crippen LogP contribution >= 0.6 is 23.4 Å². The standard InChI is InChI=1S/C21H18ClNO3S/c1-3-4-16-11-15(12-19-20(24)23(2)21(25)27-19)7-10-18(16)26-13-14-5-8-17(22)9-6-14/h3,5-12H,1,4,13H2,2H3/b19-12-. The molecular formula is C21H18ClNO3S. The summed E-state index contributed by atoms with van der Waals surface area (Å²) < 4.78 is 5.95. The van der Waals surface area contributed by atoms with E-state index in [-0.39, 0.29) is 11.1 Å². The topological polar surface area (TPSA) is 46.6 Å². The predicted octanol–water partition coefficient (Wildman–Crippen LogP) is 5.31. The third-order valence-electron chi connectivity index (χ3n) is 4.04. The highest BCUT2D eigenvalue weighted by Crippen LogP contribution is 2.32. The molecule has 2 amide bonds. The first-order valence-corrected chi connectivity index (χ1v) is 9.50. The van der Waals surface area contributed by atoms with Gasteiger partial charge in [0, 0.05) is 12.1 Å². The second kappa shape index (κ2) is 8.46. The predicted molar refractivity (Wildman–Crippen MR) is 110 cm³/mol. The third kappa shape index (κ3) is 4.62. The normalized spacial score (nSPS) is 15.5. The Morgan fingerprint density at radius 2 is 1.93 bits per heavy atom. The highest BCUT2D eigenvalue weighted by atomic mass is 35.5. The number of hydrogen-bond acceptors (Lipinski definition) is 4. The number of benzene rings is 2. The number of hydrogen-bond donors (Lipinski definition) is 0. The lowest BCUT2D eigenvalue weighted by Gasteiger charge is -2.12. The van der Waals surface area contributed by atoms with Gasteiger partial charge in [-0.15, -0.1) is 6.58 Å². The summed E-state index contributed by atoms with van der Waals surface area (Å²) in [7, 11) is 1.48. The minimum atomic E-state index is -0.279. The van der Waals surface area contributed by atoms with Gasteiger partial charge in [-0.3, -0.25) is 14.5 Å². The number of amides is 2. The van der Waals surface area contributed by atoms with Gasteiger partial charge in [0.05, 0.1) is 4.91 Å². The van der Waals surface area contributed by atoms with Crippen LogP contribution in [0, 0.1) is 0 Å². The van der Waals surface area contributed by atoms with Gasteiger partial charge in [0.15, 0.2) is 0 Å². The molecule has 0 aromatic heterocycles. The van der Waals surface area contributed by atoms with Crippen LogP contribution < -0.4 is 4.74 Å². The molecule has 1 aliphatic rings. The van der Waals surface area contributed by atoms with Crippen molar-refractivity contribution in [1.29, 1.82) is 0 Å². The van der Waals surface area contributed by atoms with Crippen molar-refractivity contribution < 1.29 is 14.3 Å². The summed E-state index contributed by atoms with van der Waals surface area (Å²) in [6.45, 7) is 4.22. The molecule has 4 nitrogen and oxygen atoms in total. The van der Waals surface area contributed by atoms with Gasteiger partial charge in [-0.25, -0.2) is 0 Å². The number of carbonyl (C=O) groups is 2. The zero-order valence-corrected chi connectivity index (χ0v) is 16.3. The first kappa shape index (κ1) is 19.3. The lowest BCUT2D eigenvalue weighted by molar-refractivity contribution is -0.121. The van der Waals surface area contributed by atoms with Crippen LogP contribution in [0.2, 0.25) is 5.02 Å². The van der Waals surface area contributed by atoms with Gasteiger partial charge in [-0.05, 0) is 65.2 Å². The van der Waals surface area contributed by atoms with E-state index in [1.54, 1.807) is 12.2 Å². The van der Waals surface area contributed by atoms with Crippen LogP contribution in [0.15, 0.2) is 60.0 Å². The molecule has 1 heterocycles. The molecule has 2 aromatic rings. The maximum absolute atomic E-state index is 12.0. The number of rotatable bonds is 6. The summed E-state index contributed by atoms with van der Waals surface area (Å²) in [5.74, 6) is 0.476. The molecular weight excluding hydrogens is 382 g/mol. The van der Waals surface area contributed by atoms with Crippen LogP contribution in [0.25, 0.3) is 6.08 Å². The van der Waals surface area contributed by atoms with Gasteiger partial charge in [0.2, 0.25) is 0 Å². The number of halogens is 1. The molecule has 0 radical (unpaired) electrons. The van der Waals surface area contributed by atoms with Crippen molar-refractivity contribution in [2.45, 2.75) is 13.0 Å². The number of allylic oxidation sites excluding steroid dienone is 1. The molecule has 1 aliphatic heterocycles. The molecule has 0 saturated carbocycles. The maximum atomic E-state index is 12.0. The van der Waals surface area contributed by atoms with Crippen molar-refractivity contribution in [3.05, 3.63) is 81.7 Å². The Morgan fingerprint density at radius 3 is 2.56 bits per heavy atom. The first-order chi connectivity index (χ1) is 13.0. The maximum Gasteiger partial charge on any atom is 0.293 e. The number of likely N-dealkylation sites (N-methyl/N-ethyl adjacent to an activating group) is 1. The highest BCUT2D eigenvalue weighted by Gasteiger charge is 2.31. The number of imide groups is 1. The number of carbonyl (C=O) groups excluding carboxylic acids is 2. The van der Waals surface area contributed by atoms with Crippen LogP contribution in [0.5, 0.6) is 5.75 Å². The first-order valence-electron chi connectivity index (χ1n) is 8.30. The van der Waals surface area contributed by atoms with E-state index in [4.69, 9.17) is 16.3 Å². The van der Waals surface area contributed by atoms with Crippen LogP contribution in [0.4, 0.5) is 4.79 Å². The van der Waals surface area contributed by atoms with Crippen molar-refractivity contribution in [2.24, 2.45) is 0 Å². The molecule has 0 atom stereocenters. The van der Waals surface area contributed by atoms with Crippen molar-refractivity contribution in [3.63, 3.8) is 0 Å². The lowest BCUT2D eigenvalue weighted by Crippen LogP contribution is -2.22. The van der Waals surface area contributed by atoms with Gasteiger partial charge >= 0.3 is 0 Å². The molecule has 138 valence electrons. The summed E-state index contributed by atoms with van der Waals surface area (Å²) in [4.78, 5) is 25.2. The van der Waals surface area contributed by atoms with Crippen LogP contribution in [0.3, 0.4) is 0 Å². The van der Waals surface area contributed by atoms with Crippen LogP contribution in [0.1, 0.15) is 16.7 Å². The van der Waals surface area contributed by atoms with E-state index >= 15 is 0 Å². The smallest absolute Gasteiger partial charge is 0.293 e. The zero-order valence-electron chi connectivity index (χ0n) is 14.8. The molecule has 1 fully saturated rings. The zero-order chi connectivity index (χ0) is 19.4. The van der Waals surface area contributed by atoms with Crippen molar-refractivity contribution in [1.82, 2.24) is 4.90 Å². The van der Waals surface area contributed by atoms with Gasteiger partial charge < -0.3 is 4.74 Å². The van der Waals surface area contributed by atoms with Gasteiger partial charge in [-0.1, -0.05) is 35.9 Å². The molecule has 2 aromatic carbocycles. The Labute approximate surface area is 167 Å². The molecule has 0 bridgehead atoms. The van der Waals surface area contributed by atoms with E-state index < -0.39 is 0 Å². The molecule has 6 heteroatoms. The molecule has 0 N–H and O–H groups in total. The fraction of sp³-hybridized carbons (Fsp3) is 0.143. The monoisotopic (exact) mass is 399 g/mol. The van der Waals surface area contributed by atoms with Gasteiger partial charge in [0.25, 0.3) is 11.1 Å². The molecule has 27 heavy (non-hydrogen) atoms. The van der Waals surface area contributed by atoms with E-state index in [0.29, 0.717) is 23.0 Å². The third-order valence-corrected chi connectivity index (χ3v) is 5.25. The number of thioether (sulfide) groups is 1. The Bertz CT molecular complexity index is 922. The van der Waals surface area contributed by atoms with Gasteiger partial charge in [-0.2, -0.15) is 0 Å². The summed E-state index contributed by atoms with van der Waals surface area (Å²) in [5, 5.41) is 0.424. The Morgan fingerprint density at radius 1 is 1.19 bits per heavy atom. The van der Waals surface area contributed by atoms with Crippen molar-refractivity contribution in [3.8, 4) is 5.75 Å². The second-order valence-electron chi connectivity index (χ2n) is 6.02. The Kier molecular flexibility index (Phi) is 6.04.